The van der Waals surface area contributed by atoms with E-state index in [1.165, 1.54) is 19.2 Å². The molecule has 1 atom stereocenters. The summed E-state index contributed by atoms with van der Waals surface area (Å²) in [7, 11) is -2.37. The maximum atomic E-state index is 12.2. The Labute approximate surface area is 127 Å². The van der Waals surface area contributed by atoms with Crippen LogP contribution in [0.3, 0.4) is 0 Å². The predicted octanol–water partition coefficient (Wildman–Crippen LogP) is 2.32. The fraction of sp³-hybridized carbons (Fsp3) is 0.462. The number of sulfonamides is 1. The molecule has 0 bridgehead atoms. The largest absolute Gasteiger partial charge is 0.469 e. The van der Waals surface area contributed by atoms with Crippen LogP contribution in [0, 0.1) is 5.92 Å². The third-order valence-electron chi connectivity index (χ3n) is 2.85. The zero-order valence-electron chi connectivity index (χ0n) is 11.6. The molecule has 0 spiro atoms. The third kappa shape index (κ3) is 4.88. The summed E-state index contributed by atoms with van der Waals surface area (Å²) >= 11 is 3.25. The minimum atomic E-state index is -3.65. The second-order valence-electron chi connectivity index (χ2n) is 4.71. The number of hydrogen-bond acceptors (Lipinski definition) is 4. The normalized spacial score (nSPS) is 13.2. The molecule has 7 heteroatoms. The number of methoxy groups -OCH3 is 1. The molecular weight excluding hydrogens is 346 g/mol. The Morgan fingerprint density at radius 3 is 2.30 bits per heavy atom. The Hall–Kier alpha value is -0.920. The summed E-state index contributed by atoms with van der Waals surface area (Å²) in [6, 6.07) is 5.80. The molecule has 0 amide bonds. The first kappa shape index (κ1) is 17.1. The van der Waals surface area contributed by atoms with Crippen LogP contribution in [0.2, 0.25) is 0 Å². The zero-order chi connectivity index (χ0) is 15.3. The summed E-state index contributed by atoms with van der Waals surface area (Å²) in [5, 5.41) is 0. The van der Waals surface area contributed by atoms with E-state index in [1.54, 1.807) is 12.1 Å². The van der Waals surface area contributed by atoms with E-state index in [4.69, 9.17) is 0 Å². The highest BCUT2D eigenvalue weighted by Gasteiger charge is 2.24. The predicted molar refractivity (Wildman–Crippen MR) is 79.7 cm³/mol. The lowest BCUT2D eigenvalue weighted by atomic mass is 10.0. The molecule has 0 aromatic heterocycles. The number of nitrogens with one attached hydrogen (secondary N) is 1. The highest BCUT2D eigenvalue weighted by atomic mass is 79.9. The van der Waals surface area contributed by atoms with Crippen LogP contribution >= 0.6 is 15.9 Å². The number of rotatable bonds is 6. The van der Waals surface area contributed by atoms with Gasteiger partial charge in [0, 0.05) is 10.5 Å². The number of ether oxygens (including phenoxy) is 1. The quantitative estimate of drug-likeness (QED) is 0.787. The maximum Gasteiger partial charge on any atom is 0.307 e. The zero-order valence-corrected chi connectivity index (χ0v) is 14.0. The fourth-order valence-corrected chi connectivity index (χ4v) is 3.21. The van der Waals surface area contributed by atoms with Gasteiger partial charge in [-0.25, -0.2) is 13.1 Å². The van der Waals surface area contributed by atoms with Crippen LogP contribution in [-0.4, -0.2) is 27.5 Å². The van der Waals surface area contributed by atoms with Crippen LogP contribution in [0.4, 0.5) is 0 Å². The average molecular weight is 364 g/mol. The Morgan fingerprint density at radius 1 is 1.30 bits per heavy atom. The summed E-state index contributed by atoms with van der Waals surface area (Å²) in [5.74, 6) is -0.471. The van der Waals surface area contributed by atoms with Gasteiger partial charge in [-0.05, 0) is 30.2 Å². The number of benzene rings is 1. The van der Waals surface area contributed by atoms with Crippen molar-refractivity contribution in [2.45, 2.75) is 31.2 Å². The molecule has 1 unspecified atom stereocenters. The van der Waals surface area contributed by atoms with Gasteiger partial charge in [0.2, 0.25) is 10.0 Å². The van der Waals surface area contributed by atoms with Crippen LogP contribution < -0.4 is 4.72 Å². The highest BCUT2D eigenvalue weighted by molar-refractivity contribution is 9.10. The molecule has 20 heavy (non-hydrogen) atoms. The molecule has 0 heterocycles. The van der Waals surface area contributed by atoms with Crippen molar-refractivity contribution in [3.05, 3.63) is 28.7 Å². The average Bonchev–Trinajstić information content (AvgIpc) is 2.37. The lowest BCUT2D eigenvalue weighted by Gasteiger charge is -2.21. The van der Waals surface area contributed by atoms with Gasteiger partial charge in [-0.1, -0.05) is 29.8 Å². The summed E-state index contributed by atoms with van der Waals surface area (Å²) in [6.45, 7) is 3.69. The monoisotopic (exact) mass is 363 g/mol. The van der Waals surface area contributed by atoms with Crippen LogP contribution in [0.25, 0.3) is 0 Å². The van der Waals surface area contributed by atoms with E-state index in [0.717, 1.165) is 4.47 Å². The van der Waals surface area contributed by atoms with E-state index in [1.807, 2.05) is 13.8 Å². The molecule has 0 aliphatic rings. The molecular formula is C13H18BrNO4S. The van der Waals surface area contributed by atoms with Crippen molar-refractivity contribution in [1.29, 1.82) is 0 Å². The molecule has 112 valence electrons. The summed E-state index contributed by atoms with van der Waals surface area (Å²) in [4.78, 5) is 11.5. The van der Waals surface area contributed by atoms with E-state index >= 15 is 0 Å². The first-order chi connectivity index (χ1) is 9.26. The van der Waals surface area contributed by atoms with Crippen molar-refractivity contribution >= 4 is 31.9 Å². The smallest absolute Gasteiger partial charge is 0.307 e. The Morgan fingerprint density at radius 2 is 1.85 bits per heavy atom. The standard InChI is InChI=1S/C13H18BrNO4S/c1-9(2)12(8-13(16)19-3)15-20(17,18)11-6-4-10(14)5-7-11/h4-7,9,12,15H,8H2,1-3H3. The SMILES string of the molecule is COC(=O)CC(NS(=O)(=O)c1ccc(Br)cc1)C(C)C. The van der Waals surface area contributed by atoms with Gasteiger partial charge in [0.15, 0.2) is 0 Å². The lowest BCUT2D eigenvalue weighted by molar-refractivity contribution is -0.141. The van der Waals surface area contributed by atoms with Crippen LogP contribution in [0.5, 0.6) is 0 Å². The Balaban J connectivity index is 2.91. The van der Waals surface area contributed by atoms with Crippen LogP contribution in [-0.2, 0) is 19.6 Å². The van der Waals surface area contributed by atoms with E-state index < -0.39 is 22.0 Å². The third-order valence-corrected chi connectivity index (χ3v) is 4.88. The molecule has 5 nitrogen and oxygen atoms in total. The number of carbonyl (C=O) groups excluding carboxylic acids is 1. The minimum absolute atomic E-state index is 0.00389. The second-order valence-corrected chi connectivity index (χ2v) is 7.34. The molecule has 1 aromatic carbocycles. The lowest BCUT2D eigenvalue weighted by Crippen LogP contribution is -2.40. The van der Waals surface area contributed by atoms with Gasteiger partial charge in [0.1, 0.15) is 0 Å². The van der Waals surface area contributed by atoms with Crippen LogP contribution in [0.15, 0.2) is 33.6 Å². The molecule has 0 saturated carbocycles. The maximum absolute atomic E-state index is 12.2. The second kappa shape index (κ2) is 7.19. The van der Waals surface area contributed by atoms with Gasteiger partial charge < -0.3 is 4.74 Å². The van der Waals surface area contributed by atoms with E-state index in [2.05, 4.69) is 25.4 Å². The van der Waals surface area contributed by atoms with Gasteiger partial charge in [-0.2, -0.15) is 0 Å². The van der Waals surface area contributed by atoms with Crippen molar-refractivity contribution in [1.82, 2.24) is 4.72 Å². The summed E-state index contributed by atoms with van der Waals surface area (Å²) in [5.41, 5.74) is 0. The number of halogens is 1. The summed E-state index contributed by atoms with van der Waals surface area (Å²) in [6.07, 6.45) is 0.00389. The highest BCUT2D eigenvalue weighted by Crippen LogP contribution is 2.17. The minimum Gasteiger partial charge on any atom is -0.469 e. The number of hydrogen-bond donors (Lipinski definition) is 1. The molecule has 0 aliphatic carbocycles. The van der Waals surface area contributed by atoms with Crippen molar-refractivity contribution in [2.24, 2.45) is 5.92 Å². The first-order valence-corrected chi connectivity index (χ1v) is 8.38. The number of carbonyl (C=O) groups is 1. The first-order valence-electron chi connectivity index (χ1n) is 6.11. The Kier molecular flexibility index (Phi) is 6.16. The van der Waals surface area contributed by atoms with Crippen molar-refractivity contribution in [3.63, 3.8) is 0 Å². The molecule has 0 saturated heterocycles. The molecule has 1 aromatic rings. The molecule has 1 N–H and O–H groups in total. The molecule has 1 rings (SSSR count). The van der Waals surface area contributed by atoms with Crippen LogP contribution in [0.1, 0.15) is 20.3 Å². The fourth-order valence-electron chi connectivity index (χ4n) is 1.56. The molecule has 0 aliphatic heterocycles. The molecule has 0 fully saturated rings. The van der Waals surface area contributed by atoms with Gasteiger partial charge in [-0.3, -0.25) is 4.79 Å². The van der Waals surface area contributed by atoms with Gasteiger partial charge >= 0.3 is 5.97 Å². The van der Waals surface area contributed by atoms with Crippen molar-refractivity contribution in [3.8, 4) is 0 Å². The molecule has 0 radical (unpaired) electrons. The van der Waals surface area contributed by atoms with E-state index in [9.17, 15) is 13.2 Å². The van der Waals surface area contributed by atoms with Gasteiger partial charge in [0.05, 0.1) is 18.4 Å². The summed E-state index contributed by atoms with van der Waals surface area (Å²) < 4.78 is 32.4. The van der Waals surface area contributed by atoms with Gasteiger partial charge in [-0.15, -0.1) is 0 Å². The number of esters is 1. The van der Waals surface area contributed by atoms with Gasteiger partial charge in [0.25, 0.3) is 0 Å². The van der Waals surface area contributed by atoms with E-state index in [0.29, 0.717) is 0 Å². The van der Waals surface area contributed by atoms with Crippen molar-refractivity contribution < 1.29 is 17.9 Å². The topological polar surface area (TPSA) is 72.5 Å². The van der Waals surface area contributed by atoms with E-state index in [-0.39, 0.29) is 17.2 Å². The van der Waals surface area contributed by atoms with Crippen molar-refractivity contribution in [2.75, 3.05) is 7.11 Å². The Bertz CT molecular complexity index is 554.